The number of hydrogen-bond acceptors (Lipinski definition) is 3. The Balaban J connectivity index is 1.25. The van der Waals surface area contributed by atoms with E-state index in [1.165, 1.54) is 5.56 Å². The van der Waals surface area contributed by atoms with E-state index < -0.39 is 0 Å². The number of amides is 1. The molecule has 0 spiro atoms. The van der Waals surface area contributed by atoms with E-state index in [0.717, 1.165) is 55.4 Å². The van der Waals surface area contributed by atoms with Crippen molar-refractivity contribution in [1.29, 1.82) is 0 Å². The topological polar surface area (TPSA) is 45.2 Å². The van der Waals surface area contributed by atoms with E-state index in [9.17, 15) is 4.79 Å². The maximum Gasteiger partial charge on any atom is 0.220 e. The molecule has 1 amide bonds. The van der Waals surface area contributed by atoms with Crippen LogP contribution in [0.25, 0.3) is 10.9 Å². The molecule has 0 atom stereocenters. The van der Waals surface area contributed by atoms with Crippen molar-refractivity contribution in [2.45, 2.75) is 38.3 Å². The van der Waals surface area contributed by atoms with Gasteiger partial charge in [0.25, 0.3) is 0 Å². The van der Waals surface area contributed by atoms with Gasteiger partial charge in [0.1, 0.15) is 5.15 Å². The lowest BCUT2D eigenvalue weighted by molar-refractivity contribution is -0.122. The molecule has 4 nitrogen and oxygen atoms in total. The van der Waals surface area contributed by atoms with Gasteiger partial charge in [-0.05, 0) is 37.0 Å². The van der Waals surface area contributed by atoms with Crippen molar-refractivity contribution in [3.8, 4) is 0 Å². The van der Waals surface area contributed by atoms with Gasteiger partial charge < -0.3 is 5.32 Å². The minimum atomic E-state index is 0.147. The molecular weight excluding hydrogens is 382 g/mol. The number of fused-ring (bicyclic) bond motifs is 1. The third kappa shape index (κ3) is 5.34. The van der Waals surface area contributed by atoms with Crippen LogP contribution in [-0.2, 0) is 17.8 Å². The zero-order chi connectivity index (χ0) is 20.1. The number of benzene rings is 2. The molecular formula is C24H26ClN3O. The third-order valence-corrected chi connectivity index (χ3v) is 5.91. The maximum absolute atomic E-state index is 12.3. The molecule has 29 heavy (non-hydrogen) atoms. The highest BCUT2D eigenvalue weighted by atomic mass is 35.5. The monoisotopic (exact) mass is 407 g/mol. The normalized spacial score (nSPS) is 15.5. The van der Waals surface area contributed by atoms with Crippen LogP contribution in [0.3, 0.4) is 0 Å². The number of para-hydroxylation sites is 1. The first-order valence-electron chi connectivity index (χ1n) is 10.3. The lowest BCUT2D eigenvalue weighted by Crippen LogP contribution is -2.44. The summed E-state index contributed by atoms with van der Waals surface area (Å²) in [4.78, 5) is 19.2. The van der Waals surface area contributed by atoms with Crippen LogP contribution in [0.1, 0.15) is 30.4 Å². The first-order chi connectivity index (χ1) is 14.2. The number of hydrogen-bond donors (Lipinski definition) is 1. The Kier molecular flexibility index (Phi) is 6.43. The lowest BCUT2D eigenvalue weighted by atomic mass is 10.0. The quantitative estimate of drug-likeness (QED) is 0.607. The average molecular weight is 408 g/mol. The molecule has 2 aromatic carbocycles. The Labute approximate surface area is 176 Å². The molecule has 1 fully saturated rings. The number of aryl methyl sites for hydroxylation is 1. The summed E-state index contributed by atoms with van der Waals surface area (Å²) >= 11 is 6.41. The molecule has 1 aliphatic heterocycles. The Morgan fingerprint density at radius 2 is 1.79 bits per heavy atom. The Bertz CT molecular complexity index is 968. The number of piperidine rings is 1. The zero-order valence-electron chi connectivity index (χ0n) is 16.5. The van der Waals surface area contributed by atoms with E-state index in [2.05, 4.69) is 39.5 Å². The minimum absolute atomic E-state index is 0.147. The molecule has 0 bridgehead atoms. The zero-order valence-corrected chi connectivity index (χ0v) is 17.2. The fourth-order valence-corrected chi connectivity index (χ4v) is 4.13. The summed E-state index contributed by atoms with van der Waals surface area (Å²) in [5.74, 6) is 0.147. The van der Waals surface area contributed by atoms with Crippen molar-refractivity contribution >= 4 is 28.4 Å². The fraction of sp³-hybridized carbons (Fsp3) is 0.333. The molecule has 1 N–H and O–H groups in total. The van der Waals surface area contributed by atoms with Gasteiger partial charge in [0, 0.05) is 43.0 Å². The van der Waals surface area contributed by atoms with Crippen molar-refractivity contribution in [3.05, 3.63) is 76.9 Å². The molecule has 3 aromatic rings. The number of carbonyl (C=O) groups excluding carboxylic acids is 1. The van der Waals surface area contributed by atoms with Crippen LogP contribution in [0.15, 0.2) is 60.7 Å². The molecule has 2 heterocycles. The molecule has 5 heteroatoms. The van der Waals surface area contributed by atoms with Gasteiger partial charge in [0.15, 0.2) is 0 Å². The number of nitrogens with zero attached hydrogens (tertiary/aromatic N) is 2. The third-order valence-electron chi connectivity index (χ3n) is 5.58. The standard InChI is InChI=1S/C24H26ClN3O/c25-24-20(16-19-8-4-5-9-22(19)27-24)17-28-14-12-21(13-15-28)26-23(29)11-10-18-6-2-1-3-7-18/h1-9,16,21H,10-15,17H2,(H,26,29). The summed E-state index contributed by atoms with van der Waals surface area (Å²) in [5.41, 5.74) is 3.20. The summed E-state index contributed by atoms with van der Waals surface area (Å²) < 4.78 is 0. The second kappa shape index (κ2) is 9.38. The van der Waals surface area contributed by atoms with Crippen LogP contribution in [0, 0.1) is 0 Å². The summed E-state index contributed by atoms with van der Waals surface area (Å²) in [6.45, 7) is 2.70. The van der Waals surface area contributed by atoms with Crippen molar-refractivity contribution in [3.63, 3.8) is 0 Å². The summed E-state index contributed by atoms with van der Waals surface area (Å²) in [5, 5.41) is 4.91. The van der Waals surface area contributed by atoms with Gasteiger partial charge in [-0.1, -0.05) is 60.1 Å². The highest BCUT2D eigenvalue weighted by Crippen LogP contribution is 2.23. The highest BCUT2D eigenvalue weighted by molar-refractivity contribution is 6.30. The molecule has 0 aliphatic carbocycles. The van der Waals surface area contributed by atoms with Gasteiger partial charge in [-0.25, -0.2) is 4.98 Å². The molecule has 1 aromatic heterocycles. The van der Waals surface area contributed by atoms with Gasteiger partial charge >= 0.3 is 0 Å². The van der Waals surface area contributed by atoms with Crippen LogP contribution >= 0.6 is 11.6 Å². The Morgan fingerprint density at radius 1 is 1.07 bits per heavy atom. The van der Waals surface area contributed by atoms with Gasteiger partial charge in [0.2, 0.25) is 5.91 Å². The van der Waals surface area contributed by atoms with Crippen molar-refractivity contribution < 1.29 is 4.79 Å². The van der Waals surface area contributed by atoms with E-state index in [1.54, 1.807) is 0 Å². The largest absolute Gasteiger partial charge is 0.353 e. The number of halogens is 1. The van der Waals surface area contributed by atoms with E-state index in [1.807, 2.05) is 36.4 Å². The first kappa shape index (κ1) is 19.9. The Hall–Kier alpha value is -2.43. The predicted molar refractivity (Wildman–Crippen MR) is 118 cm³/mol. The number of nitrogens with one attached hydrogen (secondary N) is 1. The van der Waals surface area contributed by atoms with Crippen LogP contribution in [-0.4, -0.2) is 34.9 Å². The van der Waals surface area contributed by atoms with Crippen molar-refractivity contribution in [2.24, 2.45) is 0 Å². The maximum atomic E-state index is 12.3. The summed E-state index contributed by atoms with van der Waals surface area (Å²) in [6, 6.07) is 20.6. The lowest BCUT2D eigenvalue weighted by Gasteiger charge is -2.32. The van der Waals surface area contributed by atoms with Crippen LogP contribution in [0.4, 0.5) is 0 Å². The molecule has 0 saturated carbocycles. The van der Waals surface area contributed by atoms with Crippen LogP contribution in [0.2, 0.25) is 5.15 Å². The van der Waals surface area contributed by atoms with Crippen molar-refractivity contribution in [1.82, 2.24) is 15.2 Å². The number of likely N-dealkylation sites (tertiary alicyclic amines) is 1. The van der Waals surface area contributed by atoms with Gasteiger partial charge in [0.05, 0.1) is 5.52 Å². The van der Waals surface area contributed by atoms with Gasteiger partial charge in [-0.15, -0.1) is 0 Å². The van der Waals surface area contributed by atoms with E-state index in [0.29, 0.717) is 11.6 Å². The molecule has 1 saturated heterocycles. The number of rotatable bonds is 6. The molecule has 1 aliphatic rings. The highest BCUT2D eigenvalue weighted by Gasteiger charge is 2.21. The molecule has 4 rings (SSSR count). The Morgan fingerprint density at radius 3 is 2.59 bits per heavy atom. The van der Waals surface area contributed by atoms with Gasteiger partial charge in [-0.3, -0.25) is 9.69 Å². The van der Waals surface area contributed by atoms with Crippen LogP contribution in [0.5, 0.6) is 0 Å². The second-order valence-electron chi connectivity index (χ2n) is 7.73. The SMILES string of the molecule is O=C(CCc1ccccc1)NC1CCN(Cc2cc3ccccc3nc2Cl)CC1. The minimum Gasteiger partial charge on any atom is -0.353 e. The summed E-state index contributed by atoms with van der Waals surface area (Å²) in [7, 11) is 0. The molecule has 150 valence electrons. The van der Waals surface area contributed by atoms with Gasteiger partial charge in [-0.2, -0.15) is 0 Å². The molecule has 0 unspecified atom stereocenters. The number of aromatic nitrogens is 1. The smallest absolute Gasteiger partial charge is 0.220 e. The fourth-order valence-electron chi connectivity index (χ4n) is 3.93. The van der Waals surface area contributed by atoms with E-state index in [-0.39, 0.29) is 11.9 Å². The van der Waals surface area contributed by atoms with E-state index >= 15 is 0 Å². The first-order valence-corrected chi connectivity index (χ1v) is 10.6. The van der Waals surface area contributed by atoms with Crippen LogP contribution < -0.4 is 5.32 Å². The average Bonchev–Trinajstić information content (AvgIpc) is 2.75. The number of carbonyl (C=O) groups is 1. The molecule has 0 radical (unpaired) electrons. The predicted octanol–water partition coefficient (Wildman–Crippen LogP) is 4.60. The summed E-state index contributed by atoms with van der Waals surface area (Å²) in [6.07, 6.45) is 3.27. The van der Waals surface area contributed by atoms with Crippen molar-refractivity contribution in [2.75, 3.05) is 13.1 Å². The second-order valence-corrected chi connectivity index (χ2v) is 8.09. The van der Waals surface area contributed by atoms with E-state index in [4.69, 9.17) is 11.6 Å². The number of pyridine rings is 1.